The van der Waals surface area contributed by atoms with Crippen molar-refractivity contribution in [1.82, 2.24) is 35.0 Å². The quantitative estimate of drug-likeness (QED) is 0.179. The fraction of sp³-hybridized carbons (Fsp3) is 0.439. The maximum Gasteiger partial charge on any atom is 0.234 e. The molecule has 2 bridgehead atoms. The third-order valence-corrected chi connectivity index (χ3v) is 12.8. The summed E-state index contributed by atoms with van der Waals surface area (Å²) in [5.74, 6) is 0.0838. The first kappa shape index (κ1) is 35.3. The fourth-order valence-corrected chi connectivity index (χ4v) is 9.84. The van der Waals surface area contributed by atoms with Crippen LogP contribution in [0.4, 0.5) is 16.5 Å². The number of pyridine rings is 1. The monoisotopic (exact) mass is 755 g/mol. The van der Waals surface area contributed by atoms with Crippen molar-refractivity contribution in [1.29, 1.82) is 5.26 Å². The molecule has 1 aromatic carbocycles. The van der Waals surface area contributed by atoms with Crippen LogP contribution in [0.15, 0.2) is 60.9 Å². The molecule has 0 radical (unpaired) electrons. The van der Waals surface area contributed by atoms with Crippen LogP contribution >= 0.6 is 11.3 Å². The first-order chi connectivity index (χ1) is 26.8. The molecule has 3 atom stereocenters. The minimum Gasteiger partial charge on any atom is -0.382 e. The van der Waals surface area contributed by atoms with Crippen LogP contribution in [0, 0.1) is 17.2 Å². The summed E-state index contributed by atoms with van der Waals surface area (Å²) in [5, 5.41) is 31.1. The van der Waals surface area contributed by atoms with Crippen LogP contribution in [0.5, 0.6) is 0 Å². The standard InChI is InChI=1S/C41H45N11O2S/c1-25(2)45-35-18-36(37-11-9-30-17-27(19-42)20-44-52(30)37)43-21-34(35)40-47-48-41(55-40)50-23-31-7-8-32(24-50)51(31)22-26-13-15-49(16-14-26)29-5-3-28(4-6-29)33-10-12-38(53)46-39(33)54/h3-6,9,11,17-18,20-21,25-26,31-33H,7-8,10,12-16,22-24H2,1-2H3,(H,43,45)(H,46,53,54). The van der Waals surface area contributed by atoms with E-state index in [-0.39, 0.29) is 23.8 Å². The Morgan fingerprint density at radius 3 is 2.45 bits per heavy atom. The van der Waals surface area contributed by atoms with Crippen molar-refractivity contribution in [3.8, 4) is 28.0 Å². The molecular formula is C41H45N11O2S. The smallest absolute Gasteiger partial charge is 0.234 e. The highest BCUT2D eigenvalue weighted by Gasteiger charge is 2.42. The number of nitriles is 1. The van der Waals surface area contributed by atoms with Crippen LogP contribution in [0.25, 0.3) is 27.5 Å². The molecule has 4 fully saturated rings. The largest absolute Gasteiger partial charge is 0.382 e. The Kier molecular flexibility index (Phi) is 9.43. The van der Waals surface area contributed by atoms with Gasteiger partial charge < -0.3 is 15.1 Å². The van der Waals surface area contributed by atoms with Gasteiger partial charge in [0.1, 0.15) is 6.07 Å². The zero-order valence-electron chi connectivity index (χ0n) is 31.2. The van der Waals surface area contributed by atoms with E-state index in [1.165, 1.54) is 31.4 Å². The molecule has 2 amide bonds. The van der Waals surface area contributed by atoms with Gasteiger partial charge in [0.25, 0.3) is 0 Å². The van der Waals surface area contributed by atoms with Gasteiger partial charge in [-0.25, -0.2) is 4.52 Å². The Labute approximate surface area is 324 Å². The molecule has 8 heterocycles. The lowest BCUT2D eigenvalue weighted by Gasteiger charge is -2.43. The number of piperazine rings is 1. The zero-order chi connectivity index (χ0) is 37.6. The van der Waals surface area contributed by atoms with E-state index in [1.54, 1.807) is 17.5 Å². The summed E-state index contributed by atoms with van der Waals surface area (Å²) >= 11 is 1.64. The number of benzene rings is 1. The third-order valence-electron chi connectivity index (χ3n) is 11.8. The molecule has 9 rings (SSSR count). The summed E-state index contributed by atoms with van der Waals surface area (Å²) in [6.07, 6.45) is 9.23. The van der Waals surface area contributed by atoms with E-state index < -0.39 is 0 Å². The molecule has 4 saturated heterocycles. The van der Waals surface area contributed by atoms with Crippen LogP contribution in [-0.4, -0.2) is 92.4 Å². The molecule has 3 unspecified atom stereocenters. The SMILES string of the molecule is CC(C)Nc1cc(-c2ccc3cc(C#N)cnn23)ncc1-c1nnc(N2CC3CCC(C2)N3CC2CCN(c3ccc(C4CCC(=O)NC4=O)cc3)CC2)s1. The number of anilines is 3. The van der Waals surface area contributed by atoms with E-state index >= 15 is 0 Å². The van der Waals surface area contributed by atoms with E-state index in [0.29, 0.717) is 36.4 Å². The van der Waals surface area contributed by atoms with Crippen LogP contribution < -0.4 is 20.4 Å². The van der Waals surface area contributed by atoms with Crippen molar-refractivity contribution >= 4 is 45.2 Å². The van der Waals surface area contributed by atoms with Gasteiger partial charge in [0.2, 0.25) is 16.9 Å². The van der Waals surface area contributed by atoms with Crippen molar-refractivity contribution in [3.63, 3.8) is 0 Å². The van der Waals surface area contributed by atoms with Crippen LogP contribution in [0.2, 0.25) is 0 Å². The first-order valence-electron chi connectivity index (χ1n) is 19.5. The van der Waals surface area contributed by atoms with Crippen molar-refractivity contribution in [2.75, 3.05) is 47.8 Å². The Bertz CT molecular complexity index is 2260. The van der Waals surface area contributed by atoms with Gasteiger partial charge in [-0.2, -0.15) is 10.4 Å². The summed E-state index contributed by atoms with van der Waals surface area (Å²) in [5.41, 5.74) is 7.09. The maximum absolute atomic E-state index is 12.3. The molecule has 13 nitrogen and oxygen atoms in total. The van der Waals surface area contributed by atoms with E-state index in [1.807, 2.05) is 28.9 Å². The van der Waals surface area contributed by atoms with Crippen molar-refractivity contribution in [3.05, 3.63) is 72.1 Å². The molecule has 0 aliphatic carbocycles. The fourth-order valence-electron chi connectivity index (χ4n) is 8.95. The Morgan fingerprint density at radius 2 is 1.73 bits per heavy atom. The van der Waals surface area contributed by atoms with E-state index in [4.69, 9.17) is 15.2 Å². The minimum atomic E-state index is -0.241. The van der Waals surface area contributed by atoms with Crippen molar-refractivity contribution in [2.24, 2.45) is 5.92 Å². The summed E-state index contributed by atoms with van der Waals surface area (Å²) in [6.45, 7) is 9.42. The number of hydrogen-bond acceptors (Lipinski definition) is 12. The number of aromatic nitrogens is 5. The number of nitrogens with zero attached hydrogens (tertiary/aromatic N) is 9. The number of piperidine rings is 2. The molecule has 0 saturated carbocycles. The predicted molar refractivity (Wildman–Crippen MR) is 213 cm³/mol. The van der Waals surface area contributed by atoms with Crippen LogP contribution in [0.3, 0.4) is 0 Å². The average molecular weight is 756 g/mol. The number of amides is 2. The van der Waals surface area contributed by atoms with Crippen molar-refractivity contribution < 1.29 is 9.59 Å². The topological polar surface area (TPSA) is 148 Å². The number of carbonyl (C=O) groups is 2. The number of hydrogen-bond donors (Lipinski definition) is 2. The summed E-state index contributed by atoms with van der Waals surface area (Å²) < 4.78 is 1.82. The number of rotatable bonds is 9. The molecule has 4 aromatic heterocycles. The lowest BCUT2D eigenvalue weighted by Crippen LogP contribution is -2.55. The third kappa shape index (κ3) is 7.02. The number of imide groups is 1. The van der Waals surface area contributed by atoms with Gasteiger partial charge >= 0.3 is 0 Å². The Morgan fingerprint density at radius 1 is 0.945 bits per heavy atom. The number of carbonyl (C=O) groups excluding carboxylic acids is 2. The first-order valence-corrected chi connectivity index (χ1v) is 20.3. The second kappa shape index (κ2) is 14.7. The predicted octanol–water partition coefficient (Wildman–Crippen LogP) is 5.70. The van der Waals surface area contributed by atoms with Gasteiger partial charge in [-0.15, -0.1) is 10.2 Å². The second-order valence-electron chi connectivity index (χ2n) is 15.7. The van der Waals surface area contributed by atoms with Gasteiger partial charge in [-0.3, -0.25) is 24.8 Å². The molecule has 282 valence electrons. The second-order valence-corrected chi connectivity index (χ2v) is 16.7. The molecule has 55 heavy (non-hydrogen) atoms. The molecule has 5 aromatic rings. The lowest BCUT2D eigenvalue weighted by molar-refractivity contribution is -0.134. The van der Waals surface area contributed by atoms with E-state index in [2.05, 4.69) is 80.7 Å². The molecule has 4 aliphatic heterocycles. The van der Waals surface area contributed by atoms with Crippen LogP contribution in [-0.2, 0) is 9.59 Å². The highest BCUT2D eigenvalue weighted by Crippen LogP contribution is 2.39. The van der Waals surface area contributed by atoms with E-state index in [9.17, 15) is 14.9 Å². The molecule has 2 N–H and O–H groups in total. The van der Waals surface area contributed by atoms with E-state index in [0.717, 1.165) is 76.6 Å². The maximum atomic E-state index is 12.3. The number of nitrogens with one attached hydrogen (secondary N) is 2. The Balaban J connectivity index is 0.828. The normalized spacial score (nSPS) is 22.0. The van der Waals surface area contributed by atoms with Gasteiger partial charge in [0.05, 0.1) is 40.1 Å². The highest BCUT2D eigenvalue weighted by atomic mass is 32.1. The van der Waals surface area contributed by atoms with Gasteiger partial charge in [-0.05, 0) is 93.8 Å². The molecule has 14 heteroatoms. The zero-order valence-corrected chi connectivity index (χ0v) is 32.0. The minimum absolute atomic E-state index is 0.174. The lowest BCUT2D eigenvalue weighted by atomic mass is 9.90. The molecular weight excluding hydrogens is 711 g/mol. The average Bonchev–Trinajstić information content (AvgIpc) is 3.90. The highest BCUT2D eigenvalue weighted by molar-refractivity contribution is 7.18. The van der Waals surface area contributed by atoms with Crippen LogP contribution in [0.1, 0.15) is 69.4 Å². The molecule has 0 spiro atoms. The van der Waals surface area contributed by atoms with Gasteiger partial charge in [0.15, 0.2) is 5.01 Å². The van der Waals surface area contributed by atoms with Gasteiger partial charge in [0, 0.05) is 74.8 Å². The summed E-state index contributed by atoms with van der Waals surface area (Å²) in [4.78, 5) is 36.5. The number of fused-ring (bicyclic) bond motifs is 3. The summed E-state index contributed by atoms with van der Waals surface area (Å²) in [6, 6.07) is 19.6. The summed E-state index contributed by atoms with van der Waals surface area (Å²) in [7, 11) is 0. The van der Waals surface area contributed by atoms with Gasteiger partial charge in [-0.1, -0.05) is 23.5 Å². The van der Waals surface area contributed by atoms with Crippen molar-refractivity contribution in [2.45, 2.75) is 76.4 Å². The molecule has 4 aliphatic rings. The Hall–Kier alpha value is -5.39.